The van der Waals surface area contributed by atoms with Gasteiger partial charge in [0, 0.05) is 0 Å². The largest absolute Gasteiger partial charge is 0.463 e. The fourth-order valence-electron chi connectivity index (χ4n) is 1.44. The molecule has 0 fully saturated rings. The number of ether oxygens (including phenoxy) is 1. The lowest BCUT2D eigenvalue weighted by atomic mass is 10.1. The predicted octanol–water partition coefficient (Wildman–Crippen LogP) is 3.66. The normalized spacial score (nSPS) is 9.93. The van der Waals surface area contributed by atoms with E-state index in [1.165, 1.54) is 0 Å². The number of halogens is 1. The fourth-order valence-corrected chi connectivity index (χ4v) is 1.44. The van der Waals surface area contributed by atoms with Crippen molar-refractivity contribution < 1.29 is 9.13 Å². The summed E-state index contributed by atoms with van der Waals surface area (Å²) in [5.74, 6) is 0.553. The monoisotopic (exact) mass is 201 g/mol. The van der Waals surface area contributed by atoms with Crippen molar-refractivity contribution in [2.24, 2.45) is 0 Å². The van der Waals surface area contributed by atoms with Crippen molar-refractivity contribution in [3.05, 3.63) is 54.6 Å². The second-order valence-corrected chi connectivity index (χ2v) is 3.14. The predicted molar refractivity (Wildman–Crippen MR) is 58.5 cm³/mol. The zero-order chi connectivity index (χ0) is 10.5. The number of alkyl halides is 1. The van der Waals surface area contributed by atoms with E-state index >= 15 is 0 Å². The van der Waals surface area contributed by atoms with Gasteiger partial charge in [0.2, 0.25) is 6.86 Å². The molecule has 2 rings (SSSR count). The van der Waals surface area contributed by atoms with Crippen LogP contribution in [-0.4, -0.2) is 6.86 Å². The first kappa shape index (κ1) is 9.71. The van der Waals surface area contributed by atoms with E-state index in [2.05, 4.69) is 0 Å². The topological polar surface area (TPSA) is 9.23 Å². The van der Waals surface area contributed by atoms with Gasteiger partial charge in [-0.15, -0.1) is 0 Å². The molecule has 0 atom stereocenters. The van der Waals surface area contributed by atoms with Crippen LogP contribution < -0.4 is 4.74 Å². The Morgan fingerprint density at radius 1 is 0.800 bits per heavy atom. The molecule has 0 spiro atoms. The molecular formula is C13H11FO. The van der Waals surface area contributed by atoms with Crippen LogP contribution in [0.1, 0.15) is 0 Å². The Morgan fingerprint density at radius 2 is 1.40 bits per heavy atom. The lowest BCUT2D eigenvalue weighted by molar-refractivity contribution is 0.192. The van der Waals surface area contributed by atoms with E-state index in [1.54, 1.807) is 12.1 Å². The minimum Gasteiger partial charge on any atom is -0.463 e. The average Bonchev–Trinajstić information content (AvgIpc) is 2.32. The van der Waals surface area contributed by atoms with Crippen LogP contribution >= 0.6 is 0 Å². The molecule has 76 valence electrons. The van der Waals surface area contributed by atoms with Crippen molar-refractivity contribution in [3.63, 3.8) is 0 Å². The Morgan fingerprint density at radius 3 is 2.00 bits per heavy atom. The Labute approximate surface area is 88.1 Å². The first-order valence-electron chi connectivity index (χ1n) is 4.74. The molecule has 0 bridgehead atoms. The van der Waals surface area contributed by atoms with Gasteiger partial charge in [0.1, 0.15) is 5.75 Å². The molecule has 0 N–H and O–H groups in total. The third-order valence-electron chi connectivity index (χ3n) is 2.18. The van der Waals surface area contributed by atoms with E-state index in [-0.39, 0.29) is 0 Å². The van der Waals surface area contributed by atoms with Crippen LogP contribution in [0.15, 0.2) is 54.6 Å². The lowest BCUT2D eigenvalue weighted by Gasteiger charge is -2.03. The molecule has 0 aliphatic heterocycles. The molecule has 0 aliphatic carbocycles. The number of rotatable bonds is 3. The van der Waals surface area contributed by atoms with Crippen LogP contribution in [0.5, 0.6) is 5.75 Å². The molecule has 15 heavy (non-hydrogen) atoms. The zero-order valence-electron chi connectivity index (χ0n) is 8.19. The van der Waals surface area contributed by atoms with Gasteiger partial charge in [-0.25, -0.2) is 4.39 Å². The Bertz CT molecular complexity index is 408. The van der Waals surface area contributed by atoms with Crippen molar-refractivity contribution in [1.29, 1.82) is 0 Å². The molecule has 0 aromatic heterocycles. The molecule has 2 heteroatoms. The van der Waals surface area contributed by atoms with Gasteiger partial charge >= 0.3 is 0 Å². The average molecular weight is 201 g/mol. The van der Waals surface area contributed by atoms with Gasteiger partial charge < -0.3 is 4.74 Å². The molecule has 0 unspecified atom stereocenters. The minimum absolute atomic E-state index is 0.553. The molecule has 0 aliphatic rings. The molecule has 0 radical (unpaired) electrons. The molecule has 2 aromatic carbocycles. The highest BCUT2D eigenvalue weighted by Gasteiger charge is 1.97. The molecule has 2 aromatic rings. The zero-order valence-corrected chi connectivity index (χ0v) is 8.19. The maximum absolute atomic E-state index is 11.9. The quantitative estimate of drug-likeness (QED) is 0.736. The summed E-state index contributed by atoms with van der Waals surface area (Å²) in [6.45, 7) is -0.787. The van der Waals surface area contributed by atoms with Crippen molar-refractivity contribution in [2.75, 3.05) is 6.86 Å². The van der Waals surface area contributed by atoms with Gasteiger partial charge in [0.15, 0.2) is 0 Å². The van der Waals surface area contributed by atoms with E-state index in [0.717, 1.165) is 11.1 Å². The second-order valence-electron chi connectivity index (χ2n) is 3.14. The van der Waals surface area contributed by atoms with Crippen LogP contribution in [-0.2, 0) is 0 Å². The summed E-state index contributed by atoms with van der Waals surface area (Å²) in [5.41, 5.74) is 2.24. The standard InChI is InChI=1S/C13H11FO/c14-10-15-13-8-6-12(7-9-13)11-4-2-1-3-5-11/h1-9H,10H2/i14-1. The Balaban J connectivity index is 2.24. The third-order valence-corrected chi connectivity index (χ3v) is 2.18. The van der Waals surface area contributed by atoms with Crippen LogP contribution in [0.4, 0.5) is 4.39 Å². The molecule has 0 heterocycles. The summed E-state index contributed by atoms with van der Waals surface area (Å²) in [5, 5.41) is 0. The maximum Gasteiger partial charge on any atom is 0.228 e. The van der Waals surface area contributed by atoms with Gasteiger partial charge in [-0.05, 0) is 23.3 Å². The van der Waals surface area contributed by atoms with E-state index < -0.39 is 6.86 Å². The first-order chi connectivity index (χ1) is 7.40. The van der Waals surface area contributed by atoms with E-state index in [4.69, 9.17) is 4.74 Å². The van der Waals surface area contributed by atoms with Crippen molar-refractivity contribution in [2.45, 2.75) is 0 Å². The fraction of sp³-hybridized carbons (Fsp3) is 0.0769. The maximum atomic E-state index is 11.9. The van der Waals surface area contributed by atoms with Crippen molar-refractivity contribution in [1.82, 2.24) is 0 Å². The summed E-state index contributed by atoms with van der Waals surface area (Å²) in [6.07, 6.45) is 0. The molecule has 0 amide bonds. The number of benzene rings is 2. The second kappa shape index (κ2) is 4.60. The summed E-state index contributed by atoms with van der Waals surface area (Å²) >= 11 is 0. The van der Waals surface area contributed by atoms with Gasteiger partial charge in [0.05, 0.1) is 0 Å². The van der Waals surface area contributed by atoms with Crippen molar-refractivity contribution >= 4 is 0 Å². The van der Waals surface area contributed by atoms with Gasteiger partial charge in [-0.1, -0.05) is 42.5 Å². The lowest BCUT2D eigenvalue weighted by Crippen LogP contribution is -1.89. The molecule has 0 saturated carbocycles. The highest BCUT2D eigenvalue weighted by molar-refractivity contribution is 5.63. The van der Waals surface area contributed by atoms with Crippen LogP contribution in [0.25, 0.3) is 11.1 Å². The van der Waals surface area contributed by atoms with Crippen molar-refractivity contribution in [3.8, 4) is 16.9 Å². The summed E-state index contributed by atoms with van der Waals surface area (Å²) in [6, 6.07) is 17.4. The Kier molecular flexibility index (Phi) is 2.98. The molecular weight excluding hydrogens is 190 g/mol. The summed E-state index contributed by atoms with van der Waals surface area (Å²) < 4.78 is 16.6. The first-order valence-corrected chi connectivity index (χ1v) is 4.74. The highest BCUT2D eigenvalue weighted by Crippen LogP contribution is 2.21. The summed E-state index contributed by atoms with van der Waals surface area (Å²) in [4.78, 5) is 0. The van der Waals surface area contributed by atoms with Crippen LogP contribution in [0.3, 0.4) is 0 Å². The third kappa shape index (κ3) is 2.34. The van der Waals surface area contributed by atoms with E-state index in [0.29, 0.717) is 5.75 Å². The molecule has 1 nitrogen and oxygen atoms in total. The van der Waals surface area contributed by atoms with Crippen LogP contribution in [0.2, 0.25) is 0 Å². The number of hydrogen-bond donors (Lipinski definition) is 0. The smallest absolute Gasteiger partial charge is 0.228 e. The summed E-state index contributed by atoms with van der Waals surface area (Å²) in [7, 11) is 0. The molecule has 0 saturated heterocycles. The van der Waals surface area contributed by atoms with E-state index in [9.17, 15) is 4.39 Å². The van der Waals surface area contributed by atoms with Gasteiger partial charge in [-0.3, -0.25) is 0 Å². The van der Waals surface area contributed by atoms with Gasteiger partial charge in [0.25, 0.3) is 0 Å². The number of hydrogen-bond acceptors (Lipinski definition) is 1. The Hall–Kier alpha value is -1.83. The SMILES string of the molecule is [18F]COc1ccc(-c2ccccc2)cc1. The highest BCUT2D eigenvalue weighted by atomic mass is 18.2. The van der Waals surface area contributed by atoms with Crippen LogP contribution in [0, 0.1) is 0 Å². The minimum atomic E-state index is -0.787. The van der Waals surface area contributed by atoms with E-state index in [1.807, 2.05) is 42.5 Å². The van der Waals surface area contributed by atoms with Gasteiger partial charge in [-0.2, -0.15) is 0 Å².